The van der Waals surface area contributed by atoms with Crippen LogP contribution in [-0.4, -0.2) is 37.2 Å². The molecule has 0 unspecified atom stereocenters. The van der Waals surface area contributed by atoms with Crippen molar-refractivity contribution >= 4 is 28.5 Å². The summed E-state index contributed by atoms with van der Waals surface area (Å²) in [6.07, 6.45) is 1.65. The highest BCUT2D eigenvalue weighted by atomic mass is 32.1. The van der Waals surface area contributed by atoms with E-state index >= 15 is 0 Å². The molecule has 1 N–H and O–H groups in total. The van der Waals surface area contributed by atoms with Crippen molar-refractivity contribution in [3.63, 3.8) is 0 Å². The molecular formula is C25H24N4O2S. The molecule has 7 heteroatoms. The summed E-state index contributed by atoms with van der Waals surface area (Å²) in [5.41, 5.74) is 2.76. The van der Waals surface area contributed by atoms with Gasteiger partial charge in [-0.2, -0.15) is 5.26 Å². The molecule has 3 aromatic rings. The van der Waals surface area contributed by atoms with Crippen LogP contribution in [0, 0.1) is 11.3 Å². The Morgan fingerprint density at radius 2 is 1.81 bits per heavy atom. The summed E-state index contributed by atoms with van der Waals surface area (Å²) in [5.74, 6) is -0.399. The summed E-state index contributed by atoms with van der Waals surface area (Å²) in [6, 6.07) is 21.4. The van der Waals surface area contributed by atoms with Gasteiger partial charge in [-0.25, -0.2) is 4.98 Å². The number of hydrogen-bond acceptors (Lipinski definition) is 6. The number of benzene rings is 2. The fourth-order valence-electron chi connectivity index (χ4n) is 3.49. The maximum Gasteiger partial charge on any atom is 0.262 e. The molecule has 4 rings (SSSR count). The van der Waals surface area contributed by atoms with Crippen LogP contribution in [0.15, 0.2) is 66.2 Å². The molecule has 1 aliphatic rings. The Labute approximate surface area is 191 Å². The molecule has 2 heterocycles. The number of hydrogen-bond donors (Lipinski definition) is 1. The number of ether oxygens (including phenoxy) is 1. The zero-order valence-corrected chi connectivity index (χ0v) is 18.6. The molecule has 1 aromatic heterocycles. The van der Waals surface area contributed by atoms with E-state index in [9.17, 15) is 10.1 Å². The van der Waals surface area contributed by atoms with Crippen LogP contribution in [0.4, 0.5) is 5.13 Å². The van der Waals surface area contributed by atoms with E-state index in [0.717, 1.165) is 39.9 Å². The van der Waals surface area contributed by atoms with Crippen molar-refractivity contribution in [1.82, 2.24) is 10.3 Å². The fourth-order valence-corrected chi connectivity index (χ4v) is 4.57. The lowest BCUT2D eigenvalue weighted by Gasteiger charge is -2.26. The Morgan fingerprint density at radius 3 is 2.47 bits per heavy atom. The highest BCUT2D eigenvalue weighted by Crippen LogP contribution is 2.35. The van der Waals surface area contributed by atoms with Gasteiger partial charge in [0, 0.05) is 18.7 Å². The number of nitrogens with zero attached hydrogens (tertiary/aromatic N) is 3. The average Bonchev–Trinajstić information content (AvgIpc) is 3.28. The number of anilines is 1. The normalized spacial score (nSPS) is 15.1. The Morgan fingerprint density at radius 1 is 1.16 bits per heavy atom. The standard InChI is InChI=1S/C25H24N4O2S/c1-18(19-8-4-2-5-9-19)27-24(30)21(17-26)16-22-23(20-10-6-3-7-11-20)28-25(32-22)29-12-14-31-15-13-29/h2-11,16,18H,12-15H2,1H3,(H,27,30)/b21-16+/t18-/m1/s1. The van der Waals surface area contributed by atoms with Crippen LogP contribution < -0.4 is 10.2 Å². The van der Waals surface area contributed by atoms with Crippen molar-refractivity contribution < 1.29 is 9.53 Å². The molecule has 0 saturated carbocycles. The molecule has 1 aliphatic heterocycles. The molecule has 6 nitrogen and oxygen atoms in total. The van der Waals surface area contributed by atoms with E-state index in [1.165, 1.54) is 11.3 Å². The predicted molar refractivity (Wildman–Crippen MR) is 127 cm³/mol. The topological polar surface area (TPSA) is 78.2 Å². The first kappa shape index (κ1) is 21.8. The van der Waals surface area contributed by atoms with Gasteiger partial charge in [-0.3, -0.25) is 4.79 Å². The highest BCUT2D eigenvalue weighted by Gasteiger charge is 2.21. The van der Waals surface area contributed by atoms with Gasteiger partial charge in [0.2, 0.25) is 0 Å². The van der Waals surface area contributed by atoms with E-state index in [-0.39, 0.29) is 11.6 Å². The Kier molecular flexibility index (Phi) is 6.95. The highest BCUT2D eigenvalue weighted by molar-refractivity contribution is 7.17. The number of aromatic nitrogens is 1. The molecule has 162 valence electrons. The third kappa shape index (κ3) is 5.05. The van der Waals surface area contributed by atoms with Gasteiger partial charge < -0.3 is 15.0 Å². The minimum atomic E-state index is -0.399. The smallest absolute Gasteiger partial charge is 0.262 e. The average molecular weight is 445 g/mol. The quantitative estimate of drug-likeness (QED) is 0.449. The summed E-state index contributed by atoms with van der Waals surface area (Å²) >= 11 is 1.49. The molecule has 0 bridgehead atoms. The number of amides is 1. The number of morpholine rings is 1. The van der Waals surface area contributed by atoms with E-state index in [2.05, 4.69) is 16.3 Å². The van der Waals surface area contributed by atoms with E-state index in [1.807, 2.05) is 67.6 Å². The maximum atomic E-state index is 12.9. The largest absolute Gasteiger partial charge is 0.378 e. The summed E-state index contributed by atoms with van der Waals surface area (Å²) in [4.78, 5) is 20.7. The lowest BCUT2D eigenvalue weighted by atomic mass is 10.1. The summed E-state index contributed by atoms with van der Waals surface area (Å²) < 4.78 is 5.46. The van der Waals surface area contributed by atoms with Gasteiger partial charge in [-0.05, 0) is 18.6 Å². The maximum absolute atomic E-state index is 12.9. The molecule has 1 saturated heterocycles. The molecule has 0 radical (unpaired) electrons. The SMILES string of the molecule is C[C@@H](NC(=O)/C(C#N)=C/c1sc(N2CCOCC2)nc1-c1ccccc1)c1ccccc1. The van der Waals surface area contributed by atoms with Crippen molar-refractivity contribution in [2.45, 2.75) is 13.0 Å². The molecule has 0 spiro atoms. The number of nitriles is 1. The first-order valence-electron chi connectivity index (χ1n) is 10.5. The van der Waals surface area contributed by atoms with E-state index in [1.54, 1.807) is 6.08 Å². The summed E-state index contributed by atoms with van der Waals surface area (Å²) in [7, 11) is 0. The zero-order valence-electron chi connectivity index (χ0n) is 17.8. The molecule has 32 heavy (non-hydrogen) atoms. The number of nitrogens with one attached hydrogen (secondary N) is 1. The van der Waals surface area contributed by atoms with Crippen LogP contribution in [0.3, 0.4) is 0 Å². The number of carbonyl (C=O) groups excluding carboxylic acids is 1. The second-order valence-corrected chi connectivity index (χ2v) is 8.46. The molecule has 1 atom stereocenters. The summed E-state index contributed by atoms with van der Waals surface area (Å²) in [6.45, 7) is 4.76. The number of thiazole rings is 1. The molecule has 0 aliphatic carbocycles. The first-order valence-corrected chi connectivity index (χ1v) is 11.3. The minimum Gasteiger partial charge on any atom is -0.378 e. The second-order valence-electron chi connectivity index (χ2n) is 7.45. The van der Waals surface area contributed by atoms with Gasteiger partial charge in [-0.1, -0.05) is 72.0 Å². The molecule has 1 fully saturated rings. The fraction of sp³-hybridized carbons (Fsp3) is 0.240. The molecule has 2 aromatic carbocycles. The van der Waals surface area contributed by atoms with Crippen LogP contribution in [0.5, 0.6) is 0 Å². The van der Waals surface area contributed by atoms with Gasteiger partial charge in [-0.15, -0.1) is 0 Å². The monoisotopic (exact) mass is 444 g/mol. The van der Waals surface area contributed by atoms with Gasteiger partial charge in [0.05, 0.1) is 29.8 Å². The van der Waals surface area contributed by atoms with Crippen molar-refractivity contribution in [3.8, 4) is 17.3 Å². The third-order valence-electron chi connectivity index (χ3n) is 5.26. The van der Waals surface area contributed by atoms with E-state index < -0.39 is 5.91 Å². The Bertz CT molecular complexity index is 1130. The Hall–Kier alpha value is -3.47. The van der Waals surface area contributed by atoms with Crippen LogP contribution in [0.2, 0.25) is 0 Å². The zero-order chi connectivity index (χ0) is 22.3. The van der Waals surface area contributed by atoms with Gasteiger partial charge in [0.1, 0.15) is 11.6 Å². The van der Waals surface area contributed by atoms with Gasteiger partial charge in [0.25, 0.3) is 5.91 Å². The van der Waals surface area contributed by atoms with Crippen molar-refractivity contribution in [2.75, 3.05) is 31.2 Å². The van der Waals surface area contributed by atoms with Gasteiger partial charge >= 0.3 is 0 Å². The minimum absolute atomic E-state index is 0.0575. The van der Waals surface area contributed by atoms with Crippen LogP contribution in [0.25, 0.3) is 17.3 Å². The van der Waals surface area contributed by atoms with Crippen LogP contribution in [-0.2, 0) is 9.53 Å². The predicted octanol–water partition coefficient (Wildman–Crippen LogP) is 4.43. The van der Waals surface area contributed by atoms with Crippen molar-refractivity contribution in [2.24, 2.45) is 0 Å². The van der Waals surface area contributed by atoms with E-state index in [4.69, 9.17) is 9.72 Å². The van der Waals surface area contributed by atoms with E-state index in [0.29, 0.717) is 13.2 Å². The van der Waals surface area contributed by atoms with Gasteiger partial charge in [0.15, 0.2) is 5.13 Å². The second kappa shape index (κ2) is 10.2. The van der Waals surface area contributed by atoms with Crippen LogP contribution in [0.1, 0.15) is 23.4 Å². The Balaban J connectivity index is 1.64. The summed E-state index contributed by atoms with van der Waals surface area (Å²) in [5, 5.41) is 13.5. The van der Waals surface area contributed by atoms with Crippen molar-refractivity contribution in [3.05, 3.63) is 76.7 Å². The lowest BCUT2D eigenvalue weighted by molar-refractivity contribution is -0.117. The molecule has 1 amide bonds. The van der Waals surface area contributed by atoms with Crippen molar-refractivity contribution in [1.29, 1.82) is 5.26 Å². The number of rotatable bonds is 6. The third-order valence-corrected chi connectivity index (χ3v) is 6.32. The lowest BCUT2D eigenvalue weighted by Crippen LogP contribution is -2.36. The van der Waals surface area contributed by atoms with Crippen LogP contribution >= 0.6 is 11.3 Å². The first-order chi connectivity index (χ1) is 15.7. The number of carbonyl (C=O) groups is 1. The molecular weight excluding hydrogens is 420 g/mol.